The maximum absolute atomic E-state index is 2.42. The van der Waals surface area contributed by atoms with Gasteiger partial charge in [0.05, 0.1) is 0 Å². The van der Waals surface area contributed by atoms with E-state index >= 15 is 0 Å². The first kappa shape index (κ1) is 20.0. The Kier molecular flexibility index (Phi) is 6.72. The Bertz CT molecular complexity index is 686. The minimum Gasteiger partial charge on any atom is -0.0813 e. The highest BCUT2D eigenvalue weighted by molar-refractivity contribution is 5.52. The third kappa shape index (κ3) is 4.27. The smallest absolute Gasteiger partial charge is 0.0228 e. The van der Waals surface area contributed by atoms with Crippen molar-refractivity contribution >= 4 is 0 Å². The molecule has 0 aromatic rings. The molecule has 0 spiro atoms. The van der Waals surface area contributed by atoms with Gasteiger partial charge < -0.3 is 0 Å². The summed E-state index contributed by atoms with van der Waals surface area (Å²) in [5, 5.41) is 0. The third-order valence-corrected chi connectivity index (χ3v) is 7.00. The zero-order valence-electron chi connectivity index (χ0n) is 17.9. The summed E-state index contributed by atoms with van der Waals surface area (Å²) >= 11 is 0. The molecule has 0 saturated carbocycles. The summed E-state index contributed by atoms with van der Waals surface area (Å²) < 4.78 is 0. The van der Waals surface area contributed by atoms with Gasteiger partial charge >= 0.3 is 0 Å². The van der Waals surface area contributed by atoms with Crippen LogP contribution in [0.2, 0.25) is 0 Å². The molecule has 2 aliphatic carbocycles. The molecule has 0 heteroatoms. The Labute approximate surface area is 156 Å². The molecule has 1 unspecified atom stereocenters. The molecule has 2 rings (SSSR count). The van der Waals surface area contributed by atoms with E-state index < -0.39 is 0 Å². The summed E-state index contributed by atoms with van der Waals surface area (Å²) in [5.41, 5.74) is 13.9. The van der Waals surface area contributed by atoms with Gasteiger partial charge in [-0.3, -0.25) is 0 Å². The highest BCUT2D eigenvalue weighted by Crippen LogP contribution is 2.37. The van der Waals surface area contributed by atoms with Gasteiger partial charge in [-0.25, -0.2) is 0 Å². The molecule has 25 heavy (non-hydrogen) atoms. The number of rotatable bonds is 2. The lowest BCUT2D eigenvalue weighted by atomic mass is 9.86. The Morgan fingerprint density at radius 2 is 1.60 bits per heavy atom. The summed E-state index contributed by atoms with van der Waals surface area (Å²) in [6.07, 6.45) is 10.0. The third-order valence-electron chi connectivity index (χ3n) is 7.00. The first-order valence-corrected chi connectivity index (χ1v) is 10.2. The van der Waals surface area contributed by atoms with Crippen LogP contribution in [0.25, 0.3) is 0 Å². The Morgan fingerprint density at radius 1 is 0.920 bits per heavy atom. The van der Waals surface area contributed by atoms with Crippen molar-refractivity contribution in [2.45, 2.75) is 93.9 Å². The summed E-state index contributed by atoms with van der Waals surface area (Å²) in [4.78, 5) is 0. The minimum absolute atomic E-state index is 0.732. The van der Waals surface area contributed by atoms with Crippen LogP contribution < -0.4 is 0 Å². The molecule has 0 nitrogen and oxygen atoms in total. The molecule has 138 valence electrons. The van der Waals surface area contributed by atoms with E-state index in [1.807, 2.05) is 0 Å². The molecule has 0 amide bonds. The SMILES string of the molecule is CC1=CCCCC(C(C)=C(C)C(C)=C2CCCC(C)C(C)=C2C)=C1C. The van der Waals surface area contributed by atoms with Crippen LogP contribution in [0.4, 0.5) is 0 Å². The monoisotopic (exact) mass is 338 g/mol. The summed E-state index contributed by atoms with van der Waals surface area (Å²) in [6.45, 7) is 18.7. The van der Waals surface area contributed by atoms with Gasteiger partial charge in [0, 0.05) is 0 Å². The average molecular weight is 339 g/mol. The second-order valence-corrected chi connectivity index (χ2v) is 8.34. The highest BCUT2D eigenvalue weighted by Gasteiger charge is 2.19. The summed E-state index contributed by atoms with van der Waals surface area (Å²) in [5.74, 6) is 0.732. The van der Waals surface area contributed by atoms with Crippen molar-refractivity contribution in [3.63, 3.8) is 0 Å². The van der Waals surface area contributed by atoms with Gasteiger partial charge in [0.2, 0.25) is 0 Å². The molecule has 1 atom stereocenters. The lowest BCUT2D eigenvalue weighted by Crippen LogP contribution is -2.00. The van der Waals surface area contributed by atoms with Gasteiger partial charge in [-0.1, -0.05) is 24.1 Å². The van der Waals surface area contributed by atoms with E-state index in [0.717, 1.165) is 5.92 Å². The van der Waals surface area contributed by atoms with E-state index in [0.29, 0.717) is 0 Å². The summed E-state index contributed by atoms with van der Waals surface area (Å²) in [6, 6.07) is 0. The van der Waals surface area contributed by atoms with Crippen LogP contribution in [0.5, 0.6) is 0 Å². The fourth-order valence-corrected chi connectivity index (χ4v) is 4.44. The molecular formula is C25H38. The van der Waals surface area contributed by atoms with Crippen molar-refractivity contribution in [2.24, 2.45) is 5.92 Å². The largest absolute Gasteiger partial charge is 0.0813 e. The van der Waals surface area contributed by atoms with Gasteiger partial charge in [0.1, 0.15) is 0 Å². The van der Waals surface area contributed by atoms with Crippen molar-refractivity contribution in [2.75, 3.05) is 0 Å². The average Bonchev–Trinajstić information content (AvgIpc) is 2.83. The Hall–Kier alpha value is -1.30. The predicted molar refractivity (Wildman–Crippen MR) is 113 cm³/mol. The Morgan fingerprint density at radius 3 is 2.28 bits per heavy atom. The van der Waals surface area contributed by atoms with E-state index in [9.17, 15) is 0 Å². The maximum Gasteiger partial charge on any atom is -0.0228 e. The van der Waals surface area contributed by atoms with Gasteiger partial charge in [0.15, 0.2) is 0 Å². The number of allylic oxidation sites excluding steroid dienone is 10. The first-order chi connectivity index (χ1) is 11.8. The zero-order chi connectivity index (χ0) is 18.7. The molecule has 0 aromatic heterocycles. The van der Waals surface area contributed by atoms with Crippen molar-refractivity contribution in [3.05, 3.63) is 56.2 Å². The molecule has 0 saturated heterocycles. The molecule has 2 aliphatic rings. The number of hydrogen-bond donors (Lipinski definition) is 0. The normalized spacial score (nSPS) is 26.1. The molecule has 0 N–H and O–H groups in total. The highest BCUT2D eigenvalue weighted by atomic mass is 14.2. The van der Waals surface area contributed by atoms with Crippen LogP contribution in [-0.4, -0.2) is 0 Å². The van der Waals surface area contributed by atoms with Crippen molar-refractivity contribution in [3.8, 4) is 0 Å². The van der Waals surface area contributed by atoms with Crippen LogP contribution in [0, 0.1) is 5.92 Å². The van der Waals surface area contributed by atoms with Crippen LogP contribution in [0.15, 0.2) is 56.2 Å². The minimum atomic E-state index is 0.732. The zero-order valence-corrected chi connectivity index (χ0v) is 17.9. The van der Waals surface area contributed by atoms with Gasteiger partial charge in [0.25, 0.3) is 0 Å². The van der Waals surface area contributed by atoms with E-state index in [1.54, 1.807) is 22.3 Å². The standard InChI is InChI=1S/C25H38/c1-16-13-11-15-25(21(6)18(16)3)23(8)20(5)22(7)24-14-10-9-12-17(2)19(24)4/h12,16H,9-11,13-15H2,1-8H3. The van der Waals surface area contributed by atoms with E-state index in [-0.39, 0.29) is 0 Å². The fourth-order valence-electron chi connectivity index (χ4n) is 4.44. The quantitative estimate of drug-likeness (QED) is 0.475. The van der Waals surface area contributed by atoms with Gasteiger partial charge in [-0.2, -0.15) is 0 Å². The molecular weight excluding hydrogens is 300 g/mol. The number of hydrogen-bond acceptors (Lipinski definition) is 0. The summed E-state index contributed by atoms with van der Waals surface area (Å²) in [7, 11) is 0. The molecule has 0 bridgehead atoms. The molecule has 0 aromatic carbocycles. The lowest BCUT2D eigenvalue weighted by Gasteiger charge is -2.19. The predicted octanol–water partition coefficient (Wildman–Crippen LogP) is 8.24. The molecule has 0 radical (unpaired) electrons. The van der Waals surface area contributed by atoms with E-state index in [4.69, 9.17) is 0 Å². The fraction of sp³-hybridized carbons (Fsp3) is 0.600. The van der Waals surface area contributed by atoms with E-state index in [2.05, 4.69) is 61.5 Å². The van der Waals surface area contributed by atoms with Gasteiger partial charge in [-0.15, -0.1) is 0 Å². The van der Waals surface area contributed by atoms with Crippen LogP contribution in [0.3, 0.4) is 0 Å². The van der Waals surface area contributed by atoms with Crippen LogP contribution >= 0.6 is 0 Å². The van der Waals surface area contributed by atoms with E-state index in [1.165, 1.54) is 66.4 Å². The lowest BCUT2D eigenvalue weighted by molar-refractivity contribution is 0.592. The van der Waals surface area contributed by atoms with Crippen LogP contribution in [-0.2, 0) is 0 Å². The second-order valence-electron chi connectivity index (χ2n) is 8.34. The van der Waals surface area contributed by atoms with Crippen molar-refractivity contribution < 1.29 is 0 Å². The Balaban J connectivity index is 2.53. The maximum atomic E-state index is 2.42. The molecule has 0 fully saturated rings. The van der Waals surface area contributed by atoms with Crippen molar-refractivity contribution in [1.29, 1.82) is 0 Å². The topological polar surface area (TPSA) is 0 Å². The second kappa shape index (κ2) is 8.39. The molecule has 0 aliphatic heterocycles. The van der Waals surface area contributed by atoms with Crippen molar-refractivity contribution in [1.82, 2.24) is 0 Å². The van der Waals surface area contributed by atoms with Gasteiger partial charge in [-0.05, 0) is 132 Å². The first-order valence-electron chi connectivity index (χ1n) is 10.2. The van der Waals surface area contributed by atoms with Crippen LogP contribution in [0.1, 0.15) is 93.9 Å². The molecule has 0 heterocycles.